The number of carbonyl (C=O) groups is 3. The Morgan fingerprint density at radius 3 is 2.40 bits per heavy atom. The third kappa shape index (κ3) is 12.6. The number of hydrogen-bond donors (Lipinski definition) is 4. The SMILES string of the molecule is C=C(N[C@@H](C)c1ccc(-c2scnc2C)cc1)[C@@H]1C[C@@H](O)CN1C(=O)[C@@H](CC(=O)CCOCCOCCOCCNC(=O)CCc1ccc2c(c1)[nH]c1ccncc12)C(C)(C)C. The first-order valence-corrected chi connectivity index (χ1v) is 22.5. The summed E-state index contributed by atoms with van der Waals surface area (Å²) in [5.41, 5.74) is 8.41. The van der Waals surface area contributed by atoms with Crippen molar-refractivity contribution in [3.05, 3.63) is 95.5 Å². The van der Waals surface area contributed by atoms with Crippen molar-refractivity contribution in [2.24, 2.45) is 11.3 Å². The molecule has 3 aromatic heterocycles. The quantitative estimate of drug-likeness (QED) is 0.0498. The van der Waals surface area contributed by atoms with E-state index in [1.54, 1.807) is 22.4 Å². The van der Waals surface area contributed by atoms with Crippen molar-refractivity contribution >= 4 is 50.7 Å². The number of pyridine rings is 1. The number of aliphatic hydroxyl groups is 1. The minimum atomic E-state index is -0.681. The second kappa shape index (κ2) is 21.9. The van der Waals surface area contributed by atoms with Crippen molar-refractivity contribution in [1.29, 1.82) is 0 Å². The van der Waals surface area contributed by atoms with Gasteiger partial charge in [-0.1, -0.05) is 63.7 Å². The van der Waals surface area contributed by atoms with Crippen molar-refractivity contribution in [3.63, 3.8) is 0 Å². The van der Waals surface area contributed by atoms with Gasteiger partial charge >= 0.3 is 0 Å². The number of aliphatic hydroxyl groups excluding tert-OH is 1. The lowest BCUT2D eigenvalue weighted by atomic mass is 9.76. The second-order valence-corrected chi connectivity index (χ2v) is 18.1. The molecule has 4 atom stereocenters. The molecule has 14 heteroatoms. The first kappa shape index (κ1) is 46.5. The fourth-order valence-corrected chi connectivity index (χ4v) is 8.74. The summed E-state index contributed by atoms with van der Waals surface area (Å²) in [6, 6.07) is 16.1. The van der Waals surface area contributed by atoms with Gasteiger partial charge in [0.05, 0.1) is 67.9 Å². The van der Waals surface area contributed by atoms with Gasteiger partial charge in [0.25, 0.3) is 0 Å². The number of rotatable bonds is 23. The Morgan fingerprint density at radius 1 is 0.968 bits per heavy atom. The molecule has 332 valence electrons. The Kier molecular flexibility index (Phi) is 16.4. The lowest BCUT2D eigenvalue weighted by molar-refractivity contribution is -0.142. The highest BCUT2D eigenvalue weighted by Crippen LogP contribution is 2.35. The third-order valence-electron chi connectivity index (χ3n) is 11.5. The van der Waals surface area contributed by atoms with Crippen LogP contribution in [0.25, 0.3) is 32.2 Å². The molecule has 2 aromatic carbocycles. The molecular formula is C48H62N6O7S. The van der Waals surface area contributed by atoms with Gasteiger partial charge in [0.1, 0.15) is 5.78 Å². The van der Waals surface area contributed by atoms with Crippen molar-refractivity contribution in [3.8, 4) is 10.4 Å². The molecule has 1 aliphatic rings. The van der Waals surface area contributed by atoms with Gasteiger partial charge in [-0.2, -0.15) is 0 Å². The number of H-pyrrole nitrogens is 1. The summed E-state index contributed by atoms with van der Waals surface area (Å²) in [4.78, 5) is 54.6. The predicted octanol–water partition coefficient (Wildman–Crippen LogP) is 7.08. The molecule has 0 spiro atoms. The van der Waals surface area contributed by atoms with Crippen LogP contribution in [0.2, 0.25) is 0 Å². The molecule has 0 bridgehead atoms. The number of ether oxygens (including phenoxy) is 3. The predicted molar refractivity (Wildman–Crippen MR) is 244 cm³/mol. The number of aromatic amines is 1. The number of thiazole rings is 1. The molecule has 2 amide bonds. The van der Waals surface area contributed by atoms with E-state index < -0.39 is 23.5 Å². The Balaban J connectivity index is 0.825. The molecule has 0 aliphatic carbocycles. The van der Waals surface area contributed by atoms with Crippen LogP contribution >= 0.6 is 11.3 Å². The highest BCUT2D eigenvalue weighted by Gasteiger charge is 2.43. The summed E-state index contributed by atoms with van der Waals surface area (Å²) in [6.45, 7) is 16.9. The lowest BCUT2D eigenvalue weighted by Gasteiger charge is -2.36. The van der Waals surface area contributed by atoms with E-state index in [-0.39, 0.29) is 49.6 Å². The summed E-state index contributed by atoms with van der Waals surface area (Å²) < 4.78 is 16.9. The van der Waals surface area contributed by atoms with Crippen LogP contribution in [0.1, 0.15) is 76.2 Å². The van der Waals surface area contributed by atoms with Crippen LogP contribution in [0.3, 0.4) is 0 Å². The molecular weight excluding hydrogens is 805 g/mol. The summed E-state index contributed by atoms with van der Waals surface area (Å²) in [7, 11) is 0. The number of β-amino-alcohol motifs (C(OH)–C–C–N with tert-alkyl or cyclic N) is 1. The largest absolute Gasteiger partial charge is 0.391 e. The molecule has 0 saturated carbocycles. The van der Waals surface area contributed by atoms with E-state index in [2.05, 4.69) is 81.6 Å². The molecule has 4 heterocycles. The van der Waals surface area contributed by atoms with Gasteiger partial charge < -0.3 is 39.8 Å². The molecule has 6 rings (SSSR count). The minimum absolute atomic E-state index is 0.0246. The molecule has 1 saturated heterocycles. The zero-order valence-electron chi connectivity index (χ0n) is 36.7. The van der Waals surface area contributed by atoms with E-state index in [0.717, 1.165) is 49.1 Å². The summed E-state index contributed by atoms with van der Waals surface area (Å²) in [6.07, 6.45) is 4.63. The number of Topliss-reactive ketones (excluding diaryl/α,β-unsaturated/α-hetero) is 1. The first-order valence-electron chi connectivity index (χ1n) is 21.6. The number of nitrogens with one attached hydrogen (secondary N) is 3. The van der Waals surface area contributed by atoms with Gasteiger partial charge in [0, 0.05) is 90.6 Å². The van der Waals surface area contributed by atoms with Crippen LogP contribution in [-0.4, -0.2) is 107 Å². The fraction of sp³-hybridized carbons (Fsp3) is 0.479. The number of aromatic nitrogens is 3. The van der Waals surface area contributed by atoms with E-state index in [0.29, 0.717) is 64.5 Å². The zero-order chi connectivity index (χ0) is 44.2. The average Bonchev–Trinajstić information content (AvgIpc) is 3.97. The molecule has 0 radical (unpaired) electrons. The highest BCUT2D eigenvalue weighted by molar-refractivity contribution is 7.13. The summed E-state index contributed by atoms with van der Waals surface area (Å²) in [5, 5.41) is 19.3. The van der Waals surface area contributed by atoms with E-state index in [9.17, 15) is 19.5 Å². The maximum atomic E-state index is 14.2. The molecule has 1 fully saturated rings. The monoisotopic (exact) mass is 866 g/mol. The second-order valence-electron chi connectivity index (χ2n) is 17.2. The van der Waals surface area contributed by atoms with Crippen LogP contribution in [0.15, 0.2) is 78.7 Å². The maximum Gasteiger partial charge on any atom is 0.227 e. The van der Waals surface area contributed by atoms with Gasteiger partial charge in [-0.25, -0.2) is 4.98 Å². The Bertz CT molecular complexity index is 2280. The lowest BCUT2D eigenvalue weighted by Crippen LogP contribution is -2.47. The molecule has 5 aromatic rings. The van der Waals surface area contributed by atoms with Crippen molar-refractivity contribution < 1.29 is 33.7 Å². The van der Waals surface area contributed by atoms with Crippen molar-refractivity contribution in [1.82, 2.24) is 30.5 Å². The smallest absolute Gasteiger partial charge is 0.227 e. The molecule has 62 heavy (non-hydrogen) atoms. The highest BCUT2D eigenvalue weighted by atomic mass is 32.1. The Labute approximate surface area is 368 Å². The fourth-order valence-electron chi connectivity index (χ4n) is 7.93. The molecule has 0 unspecified atom stereocenters. The number of hydrogen-bond acceptors (Lipinski definition) is 11. The minimum Gasteiger partial charge on any atom is -0.391 e. The van der Waals surface area contributed by atoms with Crippen LogP contribution in [0.5, 0.6) is 0 Å². The van der Waals surface area contributed by atoms with E-state index in [1.165, 1.54) is 0 Å². The van der Waals surface area contributed by atoms with E-state index in [4.69, 9.17) is 14.2 Å². The van der Waals surface area contributed by atoms with Crippen LogP contribution < -0.4 is 10.6 Å². The number of aryl methyl sites for hydroxylation is 2. The first-order chi connectivity index (χ1) is 29.8. The normalized spacial score (nSPS) is 16.5. The number of ketones is 1. The van der Waals surface area contributed by atoms with Gasteiger partial charge in [0.15, 0.2) is 0 Å². The molecule has 4 N–H and O–H groups in total. The Morgan fingerprint density at radius 2 is 1.69 bits per heavy atom. The summed E-state index contributed by atoms with van der Waals surface area (Å²) >= 11 is 1.62. The van der Waals surface area contributed by atoms with Gasteiger partial charge in [-0.05, 0) is 54.5 Å². The number of likely N-dealkylation sites (tertiary alicyclic amines) is 1. The van der Waals surface area contributed by atoms with Gasteiger partial charge in [0.2, 0.25) is 11.8 Å². The van der Waals surface area contributed by atoms with Crippen LogP contribution in [0, 0.1) is 18.3 Å². The average molecular weight is 867 g/mol. The number of carbonyl (C=O) groups excluding carboxylic acids is 3. The molecule has 1 aliphatic heterocycles. The van der Waals surface area contributed by atoms with Crippen molar-refractivity contribution in [2.45, 2.75) is 84.9 Å². The maximum absolute atomic E-state index is 14.2. The van der Waals surface area contributed by atoms with Crippen molar-refractivity contribution in [2.75, 3.05) is 52.7 Å². The zero-order valence-corrected chi connectivity index (χ0v) is 37.5. The standard InChI is InChI=1S/C48H62N6O7S/c1-31(35-9-11-36(12-10-35)46-33(3)51-30-62-46)52-32(2)44-27-38(56)29-54(44)47(58)41(48(4,5)6)26-37(55)16-19-59-21-23-61-24-22-60-20-18-50-45(57)14-8-34-7-13-39-40-28-49-17-15-42(40)53-43(39)25-34/h7,9-13,15,17,25,28,30-31,38,41,44,52-53,56H,2,8,14,16,18-24,26-27,29H2,1,3-6H3,(H,50,57)/t31-,38+,41+,44-/m0/s1. The third-order valence-corrected chi connectivity index (χ3v) is 12.5. The number of benzene rings is 2. The number of nitrogens with zero attached hydrogens (tertiary/aromatic N) is 3. The summed E-state index contributed by atoms with van der Waals surface area (Å²) in [5.74, 6) is -0.801. The van der Waals surface area contributed by atoms with Gasteiger partial charge in [-0.3, -0.25) is 19.4 Å². The number of fused-ring (bicyclic) bond motifs is 3. The van der Waals surface area contributed by atoms with Crippen LogP contribution in [-0.2, 0) is 35.0 Å². The molecule has 13 nitrogen and oxygen atoms in total. The number of amides is 2. The van der Waals surface area contributed by atoms with Gasteiger partial charge in [-0.15, -0.1) is 11.3 Å². The Hall–Kier alpha value is -4.99. The van der Waals surface area contributed by atoms with E-state index >= 15 is 0 Å². The van der Waals surface area contributed by atoms with E-state index in [1.807, 2.05) is 45.5 Å². The van der Waals surface area contributed by atoms with Crippen LogP contribution in [0.4, 0.5) is 0 Å². The topological polar surface area (TPSA) is 168 Å².